The minimum absolute atomic E-state index is 0.103. The van der Waals surface area contributed by atoms with Gasteiger partial charge in [0.15, 0.2) is 0 Å². The maximum atomic E-state index is 12.7. The van der Waals surface area contributed by atoms with E-state index in [2.05, 4.69) is 15.6 Å². The number of aromatic nitrogens is 2. The highest BCUT2D eigenvalue weighted by Gasteiger charge is 2.20. The topological polar surface area (TPSA) is 142 Å². The average molecular weight is 518 g/mol. The van der Waals surface area contributed by atoms with Gasteiger partial charge in [-0.25, -0.2) is 27.5 Å². The van der Waals surface area contributed by atoms with Gasteiger partial charge in [0.1, 0.15) is 10.0 Å². The molecule has 4 heterocycles. The molecule has 4 N–H and O–H groups in total. The number of nitrogens with one attached hydrogen (secondary N) is 3. The number of rotatable bonds is 4. The molecule has 1 aliphatic heterocycles. The number of hydrogen-bond donors (Lipinski definition) is 4. The molecule has 34 heavy (non-hydrogen) atoms. The van der Waals surface area contributed by atoms with Crippen LogP contribution >= 0.6 is 22.9 Å². The van der Waals surface area contributed by atoms with E-state index in [-0.39, 0.29) is 25.9 Å². The van der Waals surface area contributed by atoms with Gasteiger partial charge in [-0.05, 0) is 53.8 Å². The Kier molecular flexibility index (Phi) is 5.42. The molecule has 0 unspecified atom stereocenters. The summed E-state index contributed by atoms with van der Waals surface area (Å²) >= 11 is 6.57. The van der Waals surface area contributed by atoms with E-state index in [0.717, 1.165) is 40.1 Å². The SMILES string of the molecule is O=C(Nc1ccc(-n2c(O)c3cc4c(cc3cc2=O)NCC4)nc1)NS(=O)(=O)c1ccc(Cl)s1. The summed E-state index contributed by atoms with van der Waals surface area (Å²) < 4.78 is 27.6. The minimum atomic E-state index is -4.08. The predicted octanol–water partition coefficient (Wildman–Crippen LogP) is 3.28. The zero-order chi connectivity index (χ0) is 24.0. The fourth-order valence-electron chi connectivity index (χ4n) is 3.68. The third-order valence-corrected chi connectivity index (χ3v) is 8.27. The summed E-state index contributed by atoms with van der Waals surface area (Å²) in [6.07, 6.45) is 2.06. The molecule has 0 fully saturated rings. The number of amides is 2. The zero-order valence-corrected chi connectivity index (χ0v) is 19.6. The van der Waals surface area contributed by atoms with Crippen LogP contribution in [0.1, 0.15) is 5.56 Å². The number of hydrogen-bond acceptors (Lipinski definition) is 8. The Morgan fingerprint density at radius 3 is 2.74 bits per heavy atom. The van der Waals surface area contributed by atoms with E-state index in [1.807, 2.05) is 16.9 Å². The van der Waals surface area contributed by atoms with Crippen molar-refractivity contribution in [3.05, 3.63) is 68.9 Å². The predicted molar refractivity (Wildman–Crippen MR) is 130 cm³/mol. The number of fused-ring (bicyclic) bond motifs is 2. The van der Waals surface area contributed by atoms with E-state index in [1.165, 1.54) is 36.5 Å². The second kappa shape index (κ2) is 8.31. The molecule has 0 spiro atoms. The highest BCUT2D eigenvalue weighted by molar-refractivity contribution is 7.92. The molecular formula is C21H16ClN5O5S2. The van der Waals surface area contributed by atoms with E-state index in [1.54, 1.807) is 0 Å². The van der Waals surface area contributed by atoms with Crippen LogP contribution in [0.2, 0.25) is 4.34 Å². The number of pyridine rings is 2. The lowest BCUT2D eigenvalue weighted by atomic mass is 10.1. The summed E-state index contributed by atoms with van der Waals surface area (Å²) in [5, 5.41) is 17.5. The van der Waals surface area contributed by atoms with Gasteiger partial charge in [0.25, 0.3) is 15.6 Å². The van der Waals surface area contributed by atoms with E-state index < -0.39 is 21.6 Å². The van der Waals surface area contributed by atoms with Gasteiger partial charge in [0, 0.05) is 23.7 Å². The highest BCUT2D eigenvalue weighted by Crippen LogP contribution is 2.32. The first-order chi connectivity index (χ1) is 16.2. The number of sulfonamides is 1. The Bertz CT molecular complexity index is 1610. The van der Waals surface area contributed by atoms with Crippen LogP contribution in [0.5, 0.6) is 5.88 Å². The molecule has 0 radical (unpaired) electrons. The van der Waals surface area contributed by atoms with Gasteiger partial charge in [-0.2, -0.15) is 0 Å². The summed E-state index contributed by atoms with van der Waals surface area (Å²) in [7, 11) is -4.08. The third kappa shape index (κ3) is 4.06. The van der Waals surface area contributed by atoms with Crippen molar-refractivity contribution < 1.29 is 18.3 Å². The van der Waals surface area contributed by atoms with Crippen molar-refractivity contribution in [2.75, 3.05) is 17.2 Å². The number of aromatic hydroxyl groups is 1. The number of carbonyl (C=O) groups excluding carboxylic acids is 1. The number of thiophene rings is 1. The van der Waals surface area contributed by atoms with Crippen molar-refractivity contribution in [2.45, 2.75) is 10.6 Å². The van der Waals surface area contributed by atoms with Crippen molar-refractivity contribution in [3.8, 4) is 11.7 Å². The van der Waals surface area contributed by atoms with Crippen molar-refractivity contribution in [2.24, 2.45) is 0 Å². The van der Waals surface area contributed by atoms with Gasteiger partial charge in [0.2, 0.25) is 5.88 Å². The summed E-state index contributed by atoms with van der Waals surface area (Å²) in [5.74, 6) is -0.112. The maximum Gasteiger partial charge on any atom is 0.333 e. The molecule has 0 saturated carbocycles. The molecule has 2 amide bonds. The Labute approximate surface area is 201 Å². The van der Waals surface area contributed by atoms with E-state index in [0.29, 0.717) is 10.8 Å². The zero-order valence-electron chi connectivity index (χ0n) is 17.2. The molecule has 3 aromatic heterocycles. The average Bonchev–Trinajstić information content (AvgIpc) is 3.42. The largest absolute Gasteiger partial charge is 0.494 e. The number of halogens is 1. The summed E-state index contributed by atoms with van der Waals surface area (Å²) in [6.45, 7) is 0.794. The fourth-order valence-corrected chi connectivity index (χ4v) is 6.07. The van der Waals surface area contributed by atoms with Crippen LogP contribution in [0.15, 0.2) is 57.7 Å². The van der Waals surface area contributed by atoms with Gasteiger partial charge < -0.3 is 15.7 Å². The lowest BCUT2D eigenvalue weighted by Crippen LogP contribution is -2.34. The minimum Gasteiger partial charge on any atom is -0.494 e. The Hall–Kier alpha value is -3.61. The number of urea groups is 1. The molecule has 174 valence electrons. The molecule has 4 aromatic rings. The normalized spacial score (nSPS) is 12.9. The monoisotopic (exact) mass is 517 g/mol. The highest BCUT2D eigenvalue weighted by atomic mass is 35.5. The Morgan fingerprint density at radius 1 is 1.21 bits per heavy atom. The molecule has 0 atom stereocenters. The number of benzene rings is 1. The number of nitrogens with zero attached hydrogens (tertiary/aromatic N) is 2. The van der Waals surface area contributed by atoms with Crippen molar-refractivity contribution in [1.29, 1.82) is 0 Å². The van der Waals surface area contributed by atoms with E-state index in [9.17, 15) is 23.1 Å². The van der Waals surface area contributed by atoms with Gasteiger partial charge in [-0.1, -0.05) is 11.6 Å². The lowest BCUT2D eigenvalue weighted by Gasteiger charge is -2.12. The Balaban J connectivity index is 1.38. The molecule has 10 nitrogen and oxygen atoms in total. The standard InChI is InChI=1S/C21H16ClN5O5S2/c22-16-2-4-19(33-16)34(31,32)26-21(30)25-13-1-3-17(24-10-13)27-18(28)9-12-8-15-11(5-6-23-15)7-14(12)20(27)29/h1-4,7-10,23,29H,5-6H2,(H2,25,26,30). The quantitative estimate of drug-likeness (QED) is 0.325. The van der Waals surface area contributed by atoms with Crippen LogP contribution in [0, 0.1) is 0 Å². The van der Waals surface area contributed by atoms with Crippen molar-refractivity contribution >= 4 is 61.1 Å². The van der Waals surface area contributed by atoms with Crippen molar-refractivity contribution in [1.82, 2.24) is 14.3 Å². The van der Waals surface area contributed by atoms with Crippen LogP contribution in [0.25, 0.3) is 16.6 Å². The number of anilines is 2. The molecular weight excluding hydrogens is 502 g/mol. The molecule has 5 rings (SSSR count). The van der Waals surface area contributed by atoms with E-state index in [4.69, 9.17) is 11.6 Å². The molecule has 0 bridgehead atoms. The second-order valence-corrected chi connectivity index (χ2v) is 11.1. The third-order valence-electron chi connectivity index (χ3n) is 5.21. The van der Waals surface area contributed by atoms with Crippen LogP contribution in [-0.4, -0.2) is 35.7 Å². The first-order valence-corrected chi connectivity index (χ1v) is 12.6. The number of carbonyl (C=O) groups is 1. The van der Waals surface area contributed by atoms with Crippen LogP contribution in [0.4, 0.5) is 16.2 Å². The molecule has 0 saturated heterocycles. The Morgan fingerprint density at radius 2 is 2.03 bits per heavy atom. The molecule has 1 aliphatic rings. The van der Waals surface area contributed by atoms with Gasteiger partial charge in [0.05, 0.1) is 16.2 Å². The van der Waals surface area contributed by atoms with Crippen LogP contribution in [0.3, 0.4) is 0 Å². The summed E-state index contributed by atoms with van der Waals surface area (Å²) in [5.41, 5.74) is 1.69. The maximum absolute atomic E-state index is 12.7. The smallest absolute Gasteiger partial charge is 0.333 e. The second-order valence-electron chi connectivity index (χ2n) is 7.44. The van der Waals surface area contributed by atoms with Gasteiger partial charge in [-0.15, -0.1) is 11.3 Å². The molecule has 13 heteroatoms. The summed E-state index contributed by atoms with van der Waals surface area (Å²) in [4.78, 5) is 29.0. The summed E-state index contributed by atoms with van der Waals surface area (Å²) in [6, 6.07) is 9.65. The first-order valence-electron chi connectivity index (χ1n) is 9.92. The fraction of sp³-hybridized carbons (Fsp3) is 0.0952. The molecule has 1 aromatic carbocycles. The van der Waals surface area contributed by atoms with Gasteiger partial charge in [-0.3, -0.25) is 4.79 Å². The first kappa shape index (κ1) is 22.2. The van der Waals surface area contributed by atoms with Crippen LogP contribution < -0.4 is 20.9 Å². The van der Waals surface area contributed by atoms with E-state index >= 15 is 0 Å². The van der Waals surface area contributed by atoms with Crippen molar-refractivity contribution in [3.63, 3.8) is 0 Å². The molecule has 0 aliphatic carbocycles. The van der Waals surface area contributed by atoms with Gasteiger partial charge >= 0.3 is 6.03 Å². The van der Waals surface area contributed by atoms with Crippen LogP contribution in [-0.2, 0) is 16.4 Å². The lowest BCUT2D eigenvalue weighted by molar-refractivity contribution is 0.256.